The third kappa shape index (κ3) is 4.84. The lowest BCUT2D eigenvalue weighted by molar-refractivity contribution is -0.113. The van der Waals surface area contributed by atoms with Gasteiger partial charge in [0.1, 0.15) is 5.75 Å². The molecule has 0 saturated carbocycles. The van der Waals surface area contributed by atoms with Gasteiger partial charge in [0.15, 0.2) is 6.61 Å². The lowest BCUT2D eigenvalue weighted by atomic mass is 10.0. The number of carbonyl (C=O) groups is 1. The molecule has 3 heteroatoms. The number of halogens is 1. The summed E-state index contributed by atoms with van der Waals surface area (Å²) in [6.07, 6.45) is 1.05. The van der Waals surface area contributed by atoms with Gasteiger partial charge in [0.05, 0.1) is 0 Å². The molecule has 0 fully saturated rings. The summed E-state index contributed by atoms with van der Waals surface area (Å²) in [7, 11) is 0. The summed E-state index contributed by atoms with van der Waals surface area (Å²) >= 11 is 5.16. The molecule has 15 heavy (non-hydrogen) atoms. The van der Waals surface area contributed by atoms with Crippen molar-refractivity contribution in [2.45, 2.75) is 20.3 Å². The lowest BCUT2D eigenvalue weighted by Crippen LogP contribution is -2.04. The second-order valence-corrected chi connectivity index (χ2v) is 4.31. The first-order valence-corrected chi connectivity index (χ1v) is 5.36. The molecule has 2 nitrogen and oxygen atoms in total. The Balaban J connectivity index is 2.52. The second-order valence-electron chi connectivity index (χ2n) is 3.89. The average Bonchev–Trinajstić information content (AvgIpc) is 2.16. The van der Waals surface area contributed by atoms with Crippen molar-refractivity contribution in [2.75, 3.05) is 6.61 Å². The molecular formula is C12H15ClO2. The summed E-state index contributed by atoms with van der Waals surface area (Å²) in [5.74, 6) is 1.32. The van der Waals surface area contributed by atoms with Gasteiger partial charge < -0.3 is 4.74 Å². The van der Waals surface area contributed by atoms with Gasteiger partial charge in [-0.2, -0.15) is 0 Å². The zero-order valence-corrected chi connectivity index (χ0v) is 9.75. The molecule has 1 rings (SSSR count). The van der Waals surface area contributed by atoms with Crippen molar-refractivity contribution in [1.82, 2.24) is 0 Å². The van der Waals surface area contributed by atoms with Gasteiger partial charge in [-0.3, -0.25) is 4.79 Å². The summed E-state index contributed by atoms with van der Waals surface area (Å²) in [4.78, 5) is 10.5. The Morgan fingerprint density at radius 1 is 1.33 bits per heavy atom. The third-order valence-electron chi connectivity index (χ3n) is 1.92. The van der Waals surface area contributed by atoms with Crippen LogP contribution < -0.4 is 4.74 Å². The van der Waals surface area contributed by atoms with E-state index in [9.17, 15) is 4.79 Å². The fourth-order valence-electron chi connectivity index (χ4n) is 1.33. The number of benzene rings is 1. The van der Waals surface area contributed by atoms with Crippen molar-refractivity contribution >= 4 is 16.8 Å². The quantitative estimate of drug-likeness (QED) is 0.722. The first-order chi connectivity index (χ1) is 7.08. The van der Waals surface area contributed by atoms with E-state index in [4.69, 9.17) is 16.3 Å². The topological polar surface area (TPSA) is 26.3 Å². The zero-order valence-electron chi connectivity index (χ0n) is 9.00. The number of hydrogen-bond acceptors (Lipinski definition) is 2. The summed E-state index contributed by atoms with van der Waals surface area (Å²) in [6.45, 7) is 4.28. The Morgan fingerprint density at radius 2 is 1.93 bits per heavy atom. The minimum atomic E-state index is -0.485. The van der Waals surface area contributed by atoms with Crippen LogP contribution in [0.2, 0.25) is 0 Å². The van der Waals surface area contributed by atoms with Crippen LogP contribution in [-0.2, 0) is 11.2 Å². The van der Waals surface area contributed by atoms with Gasteiger partial charge in [0.2, 0.25) is 0 Å². The molecule has 0 unspecified atom stereocenters. The van der Waals surface area contributed by atoms with Crippen LogP contribution in [0, 0.1) is 5.92 Å². The SMILES string of the molecule is CC(C)Cc1ccc(OCC(=O)Cl)cc1. The molecule has 1 aromatic carbocycles. The first kappa shape index (κ1) is 12.1. The molecule has 0 aromatic heterocycles. The van der Waals surface area contributed by atoms with E-state index in [0.29, 0.717) is 11.7 Å². The molecule has 0 saturated heterocycles. The first-order valence-electron chi connectivity index (χ1n) is 4.98. The van der Waals surface area contributed by atoms with Crippen LogP contribution in [0.1, 0.15) is 19.4 Å². The smallest absolute Gasteiger partial charge is 0.259 e. The van der Waals surface area contributed by atoms with E-state index in [1.165, 1.54) is 5.56 Å². The molecule has 0 spiro atoms. The third-order valence-corrected chi connectivity index (χ3v) is 2.03. The van der Waals surface area contributed by atoms with Gasteiger partial charge in [-0.25, -0.2) is 0 Å². The number of carbonyl (C=O) groups excluding carboxylic acids is 1. The lowest BCUT2D eigenvalue weighted by Gasteiger charge is -2.06. The van der Waals surface area contributed by atoms with E-state index in [1.807, 2.05) is 24.3 Å². The van der Waals surface area contributed by atoms with E-state index >= 15 is 0 Å². The van der Waals surface area contributed by atoms with Crippen molar-refractivity contribution in [1.29, 1.82) is 0 Å². The van der Waals surface area contributed by atoms with Crippen LogP contribution in [0.4, 0.5) is 0 Å². The highest BCUT2D eigenvalue weighted by Gasteiger charge is 2.00. The molecule has 0 heterocycles. The molecule has 0 aliphatic rings. The van der Waals surface area contributed by atoms with Gasteiger partial charge >= 0.3 is 0 Å². The zero-order chi connectivity index (χ0) is 11.3. The Bertz CT molecular complexity index is 317. The standard InChI is InChI=1S/C12H15ClO2/c1-9(2)7-10-3-5-11(6-4-10)15-8-12(13)14/h3-6,9H,7-8H2,1-2H3. The predicted octanol–water partition coefficient (Wildman–Crippen LogP) is 3.03. The molecule has 1 aromatic rings. The predicted molar refractivity (Wildman–Crippen MR) is 61.3 cm³/mol. The minimum absolute atomic E-state index is 0.0783. The highest BCUT2D eigenvalue weighted by atomic mass is 35.5. The molecule has 0 aliphatic carbocycles. The second kappa shape index (κ2) is 5.76. The summed E-state index contributed by atoms with van der Waals surface area (Å²) in [5.41, 5.74) is 1.27. The molecule has 82 valence electrons. The minimum Gasteiger partial charge on any atom is -0.484 e. The molecule has 0 aliphatic heterocycles. The Morgan fingerprint density at radius 3 is 2.40 bits per heavy atom. The summed E-state index contributed by atoms with van der Waals surface area (Å²) < 4.78 is 5.15. The highest BCUT2D eigenvalue weighted by molar-refractivity contribution is 6.63. The number of ether oxygens (including phenoxy) is 1. The van der Waals surface area contributed by atoms with Crippen molar-refractivity contribution < 1.29 is 9.53 Å². The van der Waals surface area contributed by atoms with Gasteiger partial charge in [0.25, 0.3) is 5.24 Å². The molecule has 0 atom stereocenters. The normalized spacial score (nSPS) is 10.4. The molecule has 0 N–H and O–H groups in total. The van der Waals surface area contributed by atoms with Crippen molar-refractivity contribution in [3.05, 3.63) is 29.8 Å². The molecule has 0 bridgehead atoms. The molecule has 0 radical (unpaired) electrons. The van der Waals surface area contributed by atoms with Crippen molar-refractivity contribution in [3.63, 3.8) is 0 Å². The van der Waals surface area contributed by atoms with E-state index in [2.05, 4.69) is 13.8 Å². The van der Waals surface area contributed by atoms with Gasteiger partial charge in [0, 0.05) is 0 Å². The van der Waals surface area contributed by atoms with Crippen LogP contribution in [0.25, 0.3) is 0 Å². The van der Waals surface area contributed by atoms with Crippen LogP contribution >= 0.6 is 11.6 Å². The van der Waals surface area contributed by atoms with Crippen molar-refractivity contribution in [3.8, 4) is 5.75 Å². The van der Waals surface area contributed by atoms with E-state index < -0.39 is 5.24 Å². The number of rotatable bonds is 5. The Kier molecular flexibility index (Phi) is 4.63. The Labute approximate surface area is 95.2 Å². The molecular weight excluding hydrogens is 212 g/mol. The van der Waals surface area contributed by atoms with Crippen molar-refractivity contribution in [2.24, 2.45) is 5.92 Å². The fourth-order valence-corrected chi connectivity index (χ4v) is 1.39. The van der Waals surface area contributed by atoms with Gasteiger partial charge in [-0.05, 0) is 41.6 Å². The molecule has 0 amide bonds. The van der Waals surface area contributed by atoms with E-state index in [0.717, 1.165) is 6.42 Å². The monoisotopic (exact) mass is 226 g/mol. The Hall–Kier alpha value is -1.02. The fraction of sp³-hybridized carbons (Fsp3) is 0.417. The summed E-state index contributed by atoms with van der Waals surface area (Å²) in [5, 5.41) is -0.485. The van der Waals surface area contributed by atoms with Gasteiger partial charge in [-0.1, -0.05) is 26.0 Å². The average molecular weight is 227 g/mol. The van der Waals surface area contributed by atoms with E-state index in [1.54, 1.807) is 0 Å². The highest BCUT2D eigenvalue weighted by Crippen LogP contribution is 2.14. The maximum atomic E-state index is 10.5. The van der Waals surface area contributed by atoms with Gasteiger partial charge in [-0.15, -0.1) is 0 Å². The maximum Gasteiger partial charge on any atom is 0.259 e. The van der Waals surface area contributed by atoms with Crippen LogP contribution in [0.15, 0.2) is 24.3 Å². The summed E-state index contributed by atoms with van der Waals surface area (Å²) in [6, 6.07) is 7.73. The van der Waals surface area contributed by atoms with Crippen LogP contribution in [-0.4, -0.2) is 11.8 Å². The van der Waals surface area contributed by atoms with E-state index in [-0.39, 0.29) is 6.61 Å². The van der Waals surface area contributed by atoms with Crippen LogP contribution in [0.5, 0.6) is 5.75 Å². The number of hydrogen-bond donors (Lipinski definition) is 0. The maximum absolute atomic E-state index is 10.5. The van der Waals surface area contributed by atoms with Crippen LogP contribution in [0.3, 0.4) is 0 Å². The largest absolute Gasteiger partial charge is 0.484 e.